The summed E-state index contributed by atoms with van der Waals surface area (Å²) in [5.41, 5.74) is 14.4. The molecule has 8 aromatic carbocycles. The van der Waals surface area contributed by atoms with E-state index in [4.69, 9.17) is 16.5 Å². The number of hydrogen-bond acceptors (Lipinski definition) is 3. The van der Waals surface area contributed by atoms with Crippen molar-refractivity contribution >= 4 is 59.1 Å². The van der Waals surface area contributed by atoms with Gasteiger partial charge in [0.2, 0.25) is 0 Å². The molecule has 5 heteroatoms. The Morgan fingerprint density at radius 1 is 0.466 bits per heavy atom. The van der Waals surface area contributed by atoms with Gasteiger partial charge in [-0.05, 0) is 86.6 Å². The van der Waals surface area contributed by atoms with Gasteiger partial charge >= 0.3 is 0 Å². The van der Waals surface area contributed by atoms with Crippen LogP contribution in [0.4, 0.5) is 5.69 Å². The maximum Gasteiger partial charge on any atom is 0.187 e. The van der Waals surface area contributed by atoms with Crippen LogP contribution in [0.2, 0.25) is 0 Å². The molecule has 11 rings (SSSR count). The molecule has 0 aliphatic rings. The summed E-state index contributed by atoms with van der Waals surface area (Å²) < 4.78 is 4.72. The predicted molar refractivity (Wildman–Crippen MR) is 243 cm³/mol. The van der Waals surface area contributed by atoms with E-state index in [-0.39, 0.29) is 0 Å². The van der Waals surface area contributed by atoms with Gasteiger partial charge in [-0.15, -0.1) is 11.3 Å². The van der Waals surface area contributed by atoms with E-state index in [1.165, 1.54) is 20.3 Å². The Bertz CT molecular complexity index is 3410. The van der Waals surface area contributed by atoms with Gasteiger partial charge in [0.15, 0.2) is 11.5 Å². The number of aromatic nitrogens is 3. The quantitative estimate of drug-likeness (QED) is 0.158. The highest BCUT2D eigenvalue weighted by Crippen LogP contribution is 2.43. The minimum absolute atomic E-state index is 0.664. The van der Waals surface area contributed by atoms with Crippen LogP contribution in [0.5, 0.6) is 0 Å². The first-order valence-electron chi connectivity index (χ1n) is 19.3. The third-order valence-electron chi connectivity index (χ3n) is 11.0. The average molecular weight is 757 g/mol. The van der Waals surface area contributed by atoms with Crippen LogP contribution in [0, 0.1) is 6.57 Å². The second-order valence-electron chi connectivity index (χ2n) is 14.5. The molecule has 270 valence electrons. The maximum atomic E-state index is 7.54. The van der Waals surface area contributed by atoms with E-state index < -0.39 is 0 Å². The van der Waals surface area contributed by atoms with Crippen molar-refractivity contribution < 1.29 is 0 Å². The van der Waals surface area contributed by atoms with E-state index in [9.17, 15) is 0 Å². The summed E-state index contributed by atoms with van der Waals surface area (Å²) in [5, 5.41) is 3.39. The smallest absolute Gasteiger partial charge is 0.187 e. The lowest BCUT2D eigenvalue weighted by Crippen LogP contribution is -2.00. The minimum atomic E-state index is 0.664. The van der Waals surface area contributed by atoms with Crippen LogP contribution in [-0.2, 0) is 0 Å². The van der Waals surface area contributed by atoms with Crippen molar-refractivity contribution in [2.75, 3.05) is 0 Å². The highest BCUT2D eigenvalue weighted by Gasteiger charge is 2.22. The van der Waals surface area contributed by atoms with Crippen molar-refractivity contribution in [3.63, 3.8) is 0 Å². The molecule has 0 saturated heterocycles. The fourth-order valence-electron chi connectivity index (χ4n) is 8.28. The van der Waals surface area contributed by atoms with Crippen LogP contribution < -0.4 is 0 Å². The molecule has 3 heterocycles. The van der Waals surface area contributed by atoms with Crippen LogP contribution in [0.1, 0.15) is 0 Å². The number of hydrogen-bond donors (Lipinski definition) is 0. The summed E-state index contributed by atoms with van der Waals surface area (Å²) >= 11 is 1.78. The molecule has 0 aliphatic heterocycles. The highest BCUT2D eigenvalue weighted by atomic mass is 32.1. The molecule has 58 heavy (non-hydrogen) atoms. The summed E-state index contributed by atoms with van der Waals surface area (Å²) in [7, 11) is 0. The van der Waals surface area contributed by atoms with Gasteiger partial charge < -0.3 is 4.57 Å². The molecule has 0 fully saturated rings. The first-order valence-corrected chi connectivity index (χ1v) is 20.1. The fraction of sp³-hybridized carbons (Fsp3) is 0. The van der Waals surface area contributed by atoms with Gasteiger partial charge in [0.25, 0.3) is 0 Å². The number of benzene rings is 8. The molecule has 0 radical (unpaired) electrons. The van der Waals surface area contributed by atoms with Crippen molar-refractivity contribution in [1.29, 1.82) is 0 Å². The first-order chi connectivity index (χ1) is 28.7. The molecule has 0 spiro atoms. The van der Waals surface area contributed by atoms with E-state index in [2.05, 4.69) is 191 Å². The van der Waals surface area contributed by atoms with Crippen LogP contribution in [-0.4, -0.2) is 14.5 Å². The third kappa shape index (κ3) is 5.66. The molecule has 0 atom stereocenters. The van der Waals surface area contributed by atoms with Gasteiger partial charge in [-0.3, -0.25) is 0 Å². The van der Waals surface area contributed by atoms with Crippen LogP contribution >= 0.6 is 11.3 Å². The van der Waals surface area contributed by atoms with Crippen LogP contribution in [0.3, 0.4) is 0 Å². The number of para-hydroxylation sites is 2. The topological polar surface area (TPSA) is 35.1 Å². The molecule has 0 amide bonds. The summed E-state index contributed by atoms with van der Waals surface area (Å²) in [6, 6.07) is 68.1. The Morgan fingerprint density at radius 3 is 1.86 bits per heavy atom. The Kier molecular flexibility index (Phi) is 8.03. The van der Waals surface area contributed by atoms with Crippen molar-refractivity contribution in [2.45, 2.75) is 0 Å². The SMILES string of the molecule is [C-]#[N+]c1ccc2sc3c(-c4cccc(-c5cccc(-c6nc(-c7cccc(-c8ccccc8)c7)c7c(n6)c6ccccc6n7-c6ccccc6)c5)c4)cccc3c2c1. The number of thiophene rings is 1. The standard InChI is InChI=1S/C53H32N4S/c1-54-41-28-29-48-46(33-41)44-26-13-25-43(52(44)58-48)38-19-10-17-36(30-38)37-18-12-21-40(32-37)53-55-49(39-20-11-16-35(31-39)34-14-4-2-5-15-34)51-50(56-53)45-24-8-9-27-47(45)57(51)42-22-6-3-7-23-42/h2-33H. The van der Waals surface area contributed by atoms with Gasteiger partial charge in [-0.1, -0.05) is 152 Å². The second-order valence-corrected chi connectivity index (χ2v) is 15.5. The summed E-state index contributed by atoms with van der Waals surface area (Å²) in [4.78, 5) is 14.6. The zero-order chi connectivity index (χ0) is 38.6. The highest BCUT2D eigenvalue weighted by molar-refractivity contribution is 7.26. The van der Waals surface area contributed by atoms with Gasteiger partial charge in [0.1, 0.15) is 5.52 Å². The van der Waals surface area contributed by atoms with Gasteiger partial charge in [0.05, 0.1) is 23.3 Å². The Balaban J connectivity index is 1.08. The van der Waals surface area contributed by atoms with Crippen molar-refractivity contribution in [2.24, 2.45) is 0 Å². The lowest BCUT2D eigenvalue weighted by molar-refractivity contribution is 1.15. The van der Waals surface area contributed by atoms with E-state index in [0.717, 1.165) is 77.6 Å². The summed E-state index contributed by atoms with van der Waals surface area (Å²) in [6.07, 6.45) is 0. The fourth-order valence-corrected chi connectivity index (χ4v) is 9.50. The number of nitrogens with zero attached hydrogens (tertiary/aromatic N) is 4. The molecule has 0 saturated carbocycles. The third-order valence-corrected chi connectivity index (χ3v) is 12.2. The summed E-state index contributed by atoms with van der Waals surface area (Å²) in [5.74, 6) is 0.676. The molecule has 4 nitrogen and oxygen atoms in total. The second kappa shape index (κ2) is 13.8. The molecular weight excluding hydrogens is 725 g/mol. The molecule has 0 unspecified atom stereocenters. The molecule has 0 aliphatic carbocycles. The number of fused-ring (bicyclic) bond motifs is 6. The Morgan fingerprint density at radius 2 is 1.07 bits per heavy atom. The molecule has 3 aromatic heterocycles. The van der Waals surface area contributed by atoms with Crippen LogP contribution in [0.25, 0.3) is 109 Å². The zero-order valence-corrected chi connectivity index (χ0v) is 32.0. The van der Waals surface area contributed by atoms with Gasteiger partial charge in [-0.2, -0.15) is 0 Å². The predicted octanol–water partition coefficient (Wildman–Crippen LogP) is 14.8. The molecule has 11 aromatic rings. The van der Waals surface area contributed by atoms with Crippen molar-refractivity contribution in [3.05, 3.63) is 206 Å². The summed E-state index contributed by atoms with van der Waals surface area (Å²) in [6.45, 7) is 7.54. The van der Waals surface area contributed by atoms with Gasteiger partial charge in [-0.25, -0.2) is 14.8 Å². The molecule has 0 N–H and O–H groups in total. The monoisotopic (exact) mass is 756 g/mol. The lowest BCUT2D eigenvalue weighted by Gasteiger charge is -2.13. The Labute approximate surface area is 339 Å². The molecular formula is C53H32N4S. The van der Waals surface area contributed by atoms with E-state index in [0.29, 0.717) is 11.5 Å². The largest absolute Gasteiger partial charge is 0.306 e. The number of rotatable bonds is 6. The Hall–Kier alpha value is -7.65. The van der Waals surface area contributed by atoms with E-state index >= 15 is 0 Å². The average Bonchev–Trinajstić information content (AvgIpc) is 3.85. The van der Waals surface area contributed by atoms with E-state index in [1.54, 1.807) is 11.3 Å². The van der Waals surface area contributed by atoms with Crippen molar-refractivity contribution in [1.82, 2.24) is 14.5 Å². The normalized spacial score (nSPS) is 11.4. The first kappa shape index (κ1) is 33.7. The lowest BCUT2D eigenvalue weighted by atomic mass is 9.97. The van der Waals surface area contributed by atoms with E-state index in [1.807, 2.05) is 12.1 Å². The minimum Gasteiger partial charge on any atom is -0.306 e. The van der Waals surface area contributed by atoms with Gasteiger partial charge in [0, 0.05) is 31.6 Å². The van der Waals surface area contributed by atoms with Crippen molar-refractivity contribution in [3.8, 4) is 61.7 Å². The maximum absolute atomic E-state index is 7.54. The molecule has 0 bridgehead atoms. The zero-order valence-electron chi connectivity index (χ0n) is 31.2. The van der Waals surface area contributed by atoms with Crippen LogP contribution in [0.15, 0.2) is 194 Å².